The third-order valence-corrected chi connectivity index (χ3v) is 7.57. The van der Waals surface area contributed by atoms with Crippen LogP contribution >= 0.6 is 11.6 Å². The molecule has 0 bridgehead atoms. The summed E-state index contributed by atoms with van der Waals surface area (Å²) in [7, 11) is 0. The number of rotatable bonds is 8. The number of nitrogens with one attached hydrogen (secondary N) is 1. The predicted molar refractivity (Wildman–Crippen MR) is 159 cm³/mol. The van der Waals surface area contributed by atoms with Crippen LogP contribution in [-0.4, -0.2) is 58.4 Å². The first-order chi connectivity index (χ1) is 19.8. The molecule has 3 N–H and O–H groups in total. The third-order valence-electron chi connectivity index (χ3n) is 7.27. The molecule has 4 aromatic carbocycles. The van der Waals surface area contributed by atoms with E-state index >= 15 is 0 Å². The average Bonchev–Trinajstić information content (AvgIpc) is 2.98. The fourth-order valence-electron chi connectivity index (χ4n) is 4.96. The number of aliphatic hydroxyl groups is 1. The molecule has 4 aromatic rings. The van der Waals surface area contributed by atoms with E-state index in [0.717, 1.165) is 21.9 Å². The zero-order valence-corrected chi connectivity index (χ0v) is 23.1. The Labute approximate surface area is 242 Å². The van der Waals surface area contributed by atoms with Crippen molar-refractivity contribution in [2.24, 2.45) is 5.10 Å². The van der Waals surface area contributed by atoms with Crippen molar-refractivity contribution >= 4 is 40.4 Å². The summed E-state index contributed by atoms with van der Waals surface area (Å²) >= 11 is 5.88. The van der Waals surface area contributed by atoms with E-state index in [1.54, 1.807) is 17.0 Å². The lowest BCUT2D eigenvalue weighted by Gasteiger charge is -2.38. The van der Waals surface area contributed by atoms with Crippen LogP contribution in [0.25, 0.3) is 10.8 Å². The third kappa shape index (κ3) is 6.85. The highest BCUT2D eigenvalue weighted by molar-refractivity contribution is 6.32. The number of likely N-dealkylation sites (tertiary alicyclic amines) is 1. The Morgan fingerprint density at radius 2 is 1.68 bits per heavy atom. The lowest BCUT2D eigenvalue weighted by atomic mass is 9.85. The van der Waals surface area contributed by atoms with E-state index in [9.17, 15) is 19.8 Å². The fourth-order valence-corrected chi connectivity index (χ4v) is 5.14. The smallest absolute Gasteiger partial charge is 0.271 e. The molecule has 1 aliphatic rings. The molecule has 0 atom stereocenters. The molecule has 0 radical (unpaired) electrons. The summed E-state index contributed by atoms with van der Waals surface area (Å²) in [6.45, 7) is 0.841. The summed E-state index contributed by atoms with van der Waals surface area (Å²) in [5.41, 5.74) is 3.74. The van der Waals surface area contributed by atoms with Crippen molar-refractivity contribution in [1.29, 1.82) is 0 Å². The molecule has 210 valence electrons. The van der Waals surface area contributed by atoms with Gasteiger partial charge in [-0.25, -0.2) is 5.43 Å². The molecular weight excluding hydrogens is 542 g/mol. The highest BCUT2D eigenvalue weighted by atomic mass is 35.5. The Kier molecular flexibility index (Phi) is 8.52. The van der Waals surface area contributed by atoms with Crippen LogP contribution in [0.15, 0.2) is 90.0 Å². The number of hydrazone groups is 1. The van der Waals surface area contributed by atoms with Gasteiger partial charge in [0.15, 0.2) is 6.61 Å². The van der Waals surface area contributed by atoms with Crippen molar-refractivity contribution in [1.82, 2.24) is 10.3 Å². The maximum atomic E-state index is 12.9. The molecule has 5 rings (SSSR count). The second-order valence-corrected chi connectivity index (χ2v) is 10.5. The molecule has 2 amide bonds. The lowest BCUT2D eigenvalue weighted by molar-refractivity contribution is -0.137. The van der Waals surface area contributed by atoms with Crippen LogP contribution in [0.5, 0.6) is 11.5 Å². The zero-order chi connectivity index (χ0) is 28.8. The normalized spacial score (nSPS) is 14.7. The first-order valence-corrected chi connectivity index (χ1v) is 13.7. The minimum Gasteiger partial charge on any atom is -0.506 e. The van der Waals surface area contributed by atoms with Gasteiger partial charge >= 0.3 is 0 Å². The molecule has 0 aliphatic carbocycles. The average molecular weight is 572 g/mol. The minimum atomic E-state index is -0.816. The van der Waals surface area contributed by atoms with E-state index in [1.165, 1.54) is 24.4 Å². The van der Waals surface area contributed by atoms with Crippen molar-refractivity contribution in [3.05, 3.63) is 107 Å². The molecule has 0 saturated carbocycles. The molecular formula is C32H30ClN3O5. The highest BCUT2D eigenvalue weighted by Crippen LogP contribution is 2.29. The van der Waals surface area contributed by atoms with Crippen LogP contribution in [-0.2, 0) is 11.2 Å². The molecule has 0 spiro atoms. The first-order valence-electron chi connectivity index (χ1n) is 13.3. The summed E-state index contributed by atoms with van der Waals surface area (Å²) in [6, 6.07) is 25.2. The monoisotopic (exact) mass is 571 g/mol. The van der Waals surface area contributed by atoms with Crippen LogP contribution in [0, 0.1) is 0 Å². The van der Waals surface area contributed by atoms with Crippen LogP contribution in [0.3, 0.4) is 0 Å². The van der Waals surface area contributed by atoms with Crippen molar-refractivity contribution in [2.45, 2.75) is 24.9 Å². The molecule has 9 heteroatoms. The van der Waals surface area contributed by atoms with Gasteiger partial charge in [-0.1, -0.05) is 66.2 Å². The number of halogens is 1. The molecule has 1 aliphatic heterocycles. The SMILES string of the molecule is O=C(NN=Cc1ccc(OCC(=O)N2CCC(O)(Cc3ccccc3)CC2)c2ccccc12)c1ccc(O)c(Cl)c1. The van der Waals surface area contributed by atoms with Crippen LogP contribution < -0.4 is 10.2 Å². The van der Waals surface area contributed by atoms with Crippen molar-refractivity contribution < 1.29 is 24.5 Å². The van der Waals surface area contributed by atoms with Crippen LogP contribution in [0.2, 0.25) is 5.02 Å². The topological polar surface area (TPSA) is 111 Å². The van der Waals surface area contributed by atoms with Gasteiger partial charge < -0.3 is 19.8 Å². The quantitative estimate of drug-likeness (QED) is 0.205. The van der Waals surface area contributed by atoms with Crippen LogP contribution in [0.1, 0.15) is 34.3 Å². The number of piperidine rings is 1. The van der Waals surface area contributed by atoms with E-state index in [0.29, 0.717) is 38.1 Å². The van der Waals surface area contributed by atoms with Gasteiger partial charge in [-0.15, -0.1) is 0 Å². The molecule has 0 aromatic heterocycles. The van der Waals surface area contributed by atoms with Crippen molar-refractivity contribution in [3.63, 3.8) is 0 Å². The maximum absolute atomic E-state index is 12.9. The first kappa shape index (κ1) is 28.1. The molecule has 1 fully saturated rings. The predicted octanol–water partition coefficient (Wildman–Crippen LogP) is 4.94. The van der Waals surface area contributed by atoms with E-state index in [4.69, 9.17) is 16.3 Å². The number of hydrogen-bond acceptors (Lipinski definition) is 6. The maximum Gasteiger partial charge on any atom is 0.271 e. The number of hydrogen-bond donors (Lipinski definition) is 3. The number of amides is 2. The van der Waals surface area contributed by atoms with Gasteiger partial charge in [0, 0.05) is 36.0 Å². The van der Waals surface area contributed by atoms with Gasteiger partial charge in [0.2, 0.25) is 0 Å². The number of phenolic OH excluding ortho intramolecular Hbond substituents is 1. The molecule has 1 heterocycles. The van der Waals surface area contributed by atoms with Crippen molar-refractivity contribution in [3.8, 4) is 11.5 Å². The van der Waals surface area contributed by atoms with Crippen LogP contribution in [0.4, 0.5) is 0 Å². The number of carbonyl (C=O) groups is 2. The number of ether oxygens (including phenoxy) is 1. The van der Waals surface area contributed by atoms with E-state index in [-0.39, 0.29) is 28.8 Å². The Morgan fingerprint density at radius 3 is 2.41 bits per heavy atom. The Bertz CT molecular complexity index is 1580. The highest BCUT2D eigenvalue weighted by Gasteiger charge is 2.34. The second kappa shape index (κ2) is 12.4. The largest absolute Gasteiger partial charge is 0.506 e. The van der Waals surface area contributed by atoms with Gasteiger partial charge in [-0.05, 0) is 54.1 Å². The Morgan fingerprint density at radius 1 is 0.976 bits per heavy atom. The van der Waals surface area contributed by atoms with E-state index in [2.05, 4.69) is 10.5 Å². The molecule has 41 heavy (non-hydrogen) atoms. The molecule has 0 unspecified atom stereocenters. The summed E-state index contributed by atoms with van der Waals surface area (Å²) in [4.78, 5) is 27.1. The summed E-state index contributed by atoms with van der Waals surface area (Å²) in [5, 5.41) is 26.4. The van der Waals surface area contributed by atoms with E-state index in [1.807, 2.05) is 54.6 Å². The van der Waals surface area contributed by atoms with Gasteiger partial charge in [0.25, 0.3) is 11.8 Å². The van der Waals surface area contributed by atoms with Gasteiger partial charge in [0.05, 0.1) is 16.8 Å². The minimum absolute atomic E-state index is 0.0755. The number of carbonyl (C=O) groups excluding carboxylic acids is 2. The number of nitrogens with zero attached hydrogens (tertiary/aromatic N) is 2. The molecule has 1 saturated heterocycles. The Hall–Kier alpha value is -4.40. The number of fused-ring (bicyclic) bond motifs is 1. The van der Waals surface area contributed by atoms with E-state index < -0.39 is 11.5 Å². The zero-order valence-electron chi connectivity index (χ0n) is 22.3. The van der Waals surface area contributed by atoms with Crippen molar-refractivity contribution in [2.75, 3.05) is 19.7 Å². The lowest BCUT2D eigenvalue weighted by Crippen LogP contribution is -2.48. The fraction of sp³-hybridized carbons (Fsp3) is 0.219. The number of benzene rings is 4. The number of phenols is 1. The summed E-state index contributed by atoms with van der Waals surface area (Å²) < 4.78 is 5.96. The summed E-state index contributed by atoms with van der Waals surface area (Å²) in [6.07, 6.45) is 3.13. The molecule has 8 nitrogen and oxygen atoms in total. The summed E-state index contributed by atoms with van der Waals surface area (Å²) in [5.74, 6) is -0.142. The van der Waals surface area contributed by atoms with Gasteiger partial charge in [0.1, 0.15) is 11.5 Å². The standard InChI is InChI=1S/C32H30ClN3O5/c33-27-18-23(10-12-28(27)37)31(39)35-34-20-24-11-13-29(26-9-5-4-8-25(24)26)41-21-30(38)36-16-14-32(40,15-17-36)19-22-6-2-1-3-7-22/h1-13,18,20,37,40H,14-17,19,21H2,(H,35,39). The van der Waals surface area contributed by atoms with Gasteiger partial charge in [-0.3, -0.25) is 9.59 Å². The second-order valence-electron chi connectivity index (χ2n) is 10.1. The van der Waals surface area contributed by atoms with Gasteiger partial charge in [-0.2, -0.15) is 5.10 Å². The Balaban J connectivity index is 1.19. The number of aromatic hydroxyl groups is 1.